The average Bonchev–Trinajstić information content (AvgIpc) is 2.46. The largest absolute Gasteiger partial charge is 0.497 e. The fourth-order valence-corrected chi connectivity index (χ4v) is 3.01. The molecule has 0 aliphatic heterocycles. The van der Waals surface area contributed by atoms with E-state index in [2.05, 4.69) is 30.3 Å². The molecule has 2 aromatic rings. The van der Waals surface area contributed by atoms with Gasteiger partial charge in [0.2, 0.25) is 0 Å². The summed E-state index contributed by atoms with van der Waals surface area (Å²) in [6, 6.07) is 14.8. The summed E-state index contributed by atoms with van der Waals surface area (Å²) in [6.45, 7) is 0. The molecule has 0 heterocycles. The van der Waals surface area contributed by atoms with Gasteiger partial charge >= 0.3 is 0 Å². The Labute approximate surface area is 114 Å². The normalized spacial score (nSPS) is 17.8. The highest BCUT2D eigenvalue weighted by molar-refractivity contribution is 5.54. The van der Waals surface area contributed by atoms with Crippen molar-refractivity contribution in [3.63, 3.8) is 0 Å². The van der Waals surface area contributed by atoms with Gasteiger partial charge in [0.1, 0.15) is 5.75 Å². The van der Waals surface area contributed by atoms with Gasteiger partial charge in [0.25, 0.3) is 0 Å². The number of fused-ring (bicyclic) bond motifs is 1. The lowest BCUT2D eigenvalue weighted by Gasteiger charge is -2.26. The molecule has 1 aliphatic rings. The van der Waals surface area contributed by atoms with E-state index in [0.29, 0.717) is 5.92 Å². The van der Waals surface area contributed by atoms with Crippen molar-refractivity contribution in [1.29, 1.82) is 0 Å². The second kappa shape index (κ2) is 4.96. The molecule has 0 aromatic heterocycles. The molecule has 0 spiro atoms. The Morgan fingerprint density at radius 1 is 1.11 bits per heavy atom. The monoisotopic (exact) mass is 253 g/mol. The van der Waals surface area contributed by atoms with Gasteiger partial charge in [-0.15, -0.1) is 0 Å². The Hall–Kier alpha value is -1.96. The smallest absolute Gasteiger partial charge is 0.120 e. The molecule has 0 fully saturated rings. The maximum atomic E-state index is 6.17. The average molecular weight is 253 g/mol. The first kappa shape index (κ1) is 12.1. The van der Waals surface area contributed by atoms with Gasteiger partial charge in [0, 0.05) is 11.8 Å². The van der Waals surface area contributed by atoms with Crippen LogP contribution in [0.3, 0.4) is 0 Å². The van der Waals surface area contributed by atoms with Gasteiger partial charge < -0.3 is 10.5 Å². The van der Waals surface area contributed by atoms with Crippen molar-refractivity contribution in [2.75, 3.05) is 12.8 Å². The van der Waals surface area contributed by atoms with Crippen molar-refractivity contribution in [3.05, 3.63) is 59.2 Å². The first-order valence-electron chi connectivity index (χ1n) is 6.78. The van der Waals surface area contributed by atoms with Crippen LogP contribution in [-0.4, -0.2) is 7.11 Å². The minimum atomic E-state index is 0.529. The van der Waals surface area contributed by atoms with E-state index in [1.165, 1.54) is 23.1 Å². The van der Waals surface area contributed by atoms with Crippen LogP contribution in [0.1, 0.15) is 29.0 Å². The fourth-order valence-electron chi connectivity index (χ4n) is 3.01. The summed E-state index contributed by atoms with van der Waals surface area (Å²) < 4.78 is 5.21. The number of rotatable bonds is 2. The molecule has 0 saturated heterocycles. The van der Waals surface area contributed by atoms with E-state index in [4.69, 9.17) is 10.5 Å². The van der Waals surface area contributed by atoms with Crippen molar-refractivity contribution in [2.45, 2.75) is 25.2 Å². The van der Waals surface area contributed by atoms with Gasteiger partial charge in [-0.2, -0.15) is 0 Å². The van der Waals surface area contributed by atoms with Crippen molar-refractivity contribution in [2.24, 2.45) is 0 Å². The predicted octanol–water partition coefficient (Wildman–Crippen LogP) is 3.55. The molecule has 0 unspecified atom stereocenters. The molecule has 0 saturated carbocycles. The number of anilines is 1. The van der Waals surface area contributed by atoms with Gasteiger partial charge in [0.05, 0.1) is 7.11 Å². The zero-order valence-electron chi connectivity index (χ0n) is 11.2. The Morgan fingerprint density at radius 3 is 2.63 bits per heavy atom. The predicted molar refractivity (Wildman–Crippen MR) is 78.6 cm³/mol. The lowest BCUT2D eigenvalue weighted by molar-refractivity contribution is 0.414. The third-order valence-corrected chi connectivity index (χ3v) is 4.08. The van der Waals surface area contributed by atoms with E-state index in [9.17, 15) is 0 Å². The number of hydrogen-bond donors (Lipinski definition) is 1. The molecular formula is C17H19NO. The standard InChI is InChI=1S/C17H19NO/c1-19-15-8-9-16(17(18)11-15)14-7-6-12-4-2-3-5-13(12)10-14/h2-5,8-9,11,14H,6-7,10,18H2,1H3/t14-/m1/s1. The van der Waals surface area contributed by atoms with E-state index in [-0.39, 0.29) is 0 Å². The summed E-state index contributed by atoms with van der Waals surface area (Å²) in [5.74, 6) is 1.36. The van der Waals surface area contributed by atoms with E-state index in [1.807, 2.05) is 12.1 Å². The van der Waals surface area contributed by atoms with Crippen LogP contribution in [-0.2, 0) is 12.8 Å². The van der Waals surface area contributed by atoms with Gasteiger partial charge in [-0.3, -0.25) is 0 Å². The quantitative estimate of drug-likeness (QED) is 0.831. The lowest BCUT2D eigenvalue weighted by atomic mass is 9.80. The number of methoxy groups -OCH3 is 1. The third kappa shape index (κ3) is 2.30. The van der Waals surface area contributed by atoms with Crippen LogP contribution in [0.4, 0.5) is 5.69 Å². The van der Waals surface area contributed by atoms with E-state index >= 15 is 0 Å². The van der Waals surface area contributed by atoms with Crippen LogP contribution in [0.15, 0.2) is 42.5 Å². The number of nitrogens with two attached hydrogens (primary N) is 1. The van der Waals surface area contributed by atoms with Crippen molar-refractivity contribution in [3.8, 4) is 5.75 Å². The molecule has 19 heavy (non-hydrogen) atoms. The van der Waals surface area contributed by atoms with Gasteiger partial charge in [-0.1, -0.05) is 30.3 Å². The molecular weight excluding hydrogens is 234 g/mol. The van der Waals surface area contributed by atoms with Crippen LogP contribution in [0.2, 0.25) is 0 Å². The van der Waals surface area contributed by atoms with Crippen LogP contribution in [0, 0.1) is 0 Å². The maximum absolute atomic E-state index is 6.17. The van der Waals surface area contributed by atoms with Crippen LogP contribution in [0.5, 0.6) is 5.75 Å². The number of benzene rings is 2. The molecule has 2 N–H and O–H groups in total. The van der Waals surface area contributed by atoms with Crippen LogP contribution < -0.4 is 10.5 Å². The van der Waals surface area contributed by atoms with Gasteiger partial charge in [-0.05, 0) is 47.9 Å². The highest BCUT2D eigenvalue weighted by Crippen LogP contribution is 2.36. The molecule has 0 bridgehead atoms. The zero-order valence-corrected chi connectivity index (χ0v) is 11.2. The number of hydrogen-bond acceptors (Lipinski definition) is 2. The number of nitrogen functional groups attached to an aromatic ring is 1. The summed E-state index contributed by atoms with van der Waals surface area (Å²) >= 11 is 0. The summed E-state index contributed by atoms with van der Waals surface area (Å²) in [6.07, 6.45) is 3.41. The molecule has 98 valence electrons. The Balaban J connectivity index is 1.89. The van der Waals surface area contributed by atoms with Crippen molar-refractivity contribution < 1.29 is 4.74 Å². The SMILES string of the molecule is COc1ccc([C@@H]2CCc3ccccc3C2)c(N)c1. The van der Waals surface area contributed by atoms with Gasteiger partial charge in [0.15, 0.2) is 0 Å². The molecule has 3 rings (SSSR count). The van der Waals surface area contributed by atoms with Crippen LogP contribution in [0.25, 0.3) is 0 Å². The molecule has 0 amide bonds. The summed E-state index contributed by atoms with van der Waals surface area (Å²) in [5.41, 5.74) is 11.2. The molecule has 1 aliphatic carbocycles. The molecule has 1 atom stereocenters. The fraction of sp³-hybridized carbons (Fsp3) is 0.294. The minimum Gasteiger partial charge on any atom is -0.497 e. The third-order valence-electron chi connectivity index (χ3n) is 4.08. The zero-order chi connectivity index (χ0) is 13.2. The number of aryl methyl sites for hydroxylation is 1. The topological polar surface area (TPSA) is 35.2 Å². The van der Waals surface area contributed by atoms with Crippen molar-refractivity contribution in [1.82, 2.24) is 0 Å². The number of ether oxygens (including phenoxy) is 1. The molecule has 2 aromatic carbocycles. The highest BCUT2D eigenvalue weighted by atomic mass is 16.5. The molecule has 0 radical (unpaired) electrons. The summed E-state index contributed by atoms with van der Waals surface area (Å²) in [4.78, 5) is 0. The lowest BCUT2D eigenvalue weighted by Crippen LogP contribution is -2.14. The minimum absolute atomic E-state index is 0.529. The molecule has 2 heteroatoms. The van der Waals surface area contributed by atoms with Crippen LogP contribution >= 0.6 is 0 Å². The Bertz CT molecular complexity index is 592. The van der Waals surface area contributed by atoms with Crippen molar-refractivity contribution >= 4 is 5.69 Å². The van der Waals surface area contributed by atoms with E-state index < -0.39 is 0 Å². The first-order valence-corrected chi connectivity index (χ1v) is 6.78. The summed E-state index contributed by atoms with van der Waals surface area (Å²) in [5, 5.41) is 0. The second-order valence-corrected chi connectivity index (χ2v) is 5.20. The van der Waals surface area contributed by atoms with E-state index in [0.717, 1.165) is 24.3 Å². The highest BCUT2D eigenvalue weighted by Gasteiger charge is 2.21. The Morgan fingerprint density at radius 2 is 1.89 bits per heavy atom. The van der Waals surface area contributed by atoms with Gasteiger partial charge in [-0.25, -0.2) is 0 Å². The summed E-state index contributed by atoms with van der Waals surface area (Å²) in [7, 11) is 1.67. The maximum Gasteiger partial charge on any atom is 0.120 e. The first-order chi connectivity index (χ1) is 9.28. The Kier molecular flexibility index (Phi) is 3.16. The second-order valence-electron chi connectivity index (χ2n) is 5.20. The molecule has 2 nitrogen and oxygen atoms in total. The van der Waals surface area contributed by atoms with E-state index in [1.54, 1.807) is 7.11 Å².